The van der Waals surface area contributed by atoms with Gasteiger partial charge in [-0.05, 0) is 39.2 Å². The topological polar surface area (TPSA) is 26.0 Å². The van der Waals surface area contributed by atoms with Crippen molar-refractivity contribution >= 4 is 37.5 Å². The highest BCUT2D eigenvalue weighted by Crippen LogP contribution is 2.35. The summed E-state index contributed by atoms with van der Waals surface area (Å²) in [5.41, 5.74) is 9.34. The fourth-order valence-corrected chi connectivity index (χ4v) is 3.14. The lowest BCUT2D eigenvalue weighted by Crippen LogP contribution is -2.02. The Balaban J connectivity index is 2.48. The van der Waals surface area contributed by atoms with E-state index in [1.165, 1.54) is 5.56 Å². The summed E-state index contributed by atoms with van der Waals surface area (Å²) in [6.07, 6.45) is 0. The number of halogens is 2. The van der Waals surface area contributed by atoms with E-state index in [0.717, 1.165) is 20.2 Å². The van der Waals surface area contributed by atoms with Gasteiger partial charge in [0.1, 0.15) is 0 Å². The molecule has 17 heavy (non-hydrogen) atoms. The van der Waals surface area contributed by atoms with Gasteiger partial charge in [0, 0.05) is 20.6 Å². The molecule has 0 saturated carbocycles. The van der Waals surface area contributed by atoms with Gasteiger partial charge in [0.05, 0.1) is 0 Å². The first-order chi connectivity index (χ1) is 8.09. The molecule has 1 nitrogen and oxygen atoms in total. The van der Waals surface area contributed by atoms with Crippen LogP contribution < -0.4 is 5.73 Å². The zero-order chi connectivity index (χ0) is 12.4. The van der Waals surface area contributed by atoms with Crippen molar-refractivity contribution in [1.29, 1.82) is 0 Å². The molecular formula is C14H13Br2N. The van der Waals surface area contributed by atoms with Gasteiger partial charge in [-0.2, -0.15) is 0 Å². The summed E-state index contributed by atoms with van der Waals surface area (Å²) in [6, 6.07) is 14.4. The van der Waals surface area contributed by atoms with Crippen LogP contribution in [0.4, 0.5) is 5.69 Å². The molecule has 1 atom stereocenters. The van der Waals surface area contributed by atoms with Crippen LogP contribution >= 0.6 is 31.9 Å². The molecule has 3 heteroatoms. The van der Waals surface area contributed by atoms with Crippen LogP contribution in [0.5, 0.6) is 0 Å². The minimum atomic E-state index is 0.282. The highest BCUT2D eigenvalue weighted by molar-refractivity contribution is 9.11. The second kappa shape index (κ2) is 5.23. The summed E-state index contributed by atoms with van der Waals surface area (Å²) in [7, 11) is 0. The number of hydrogen-bond donors (Lipinski definition) is 1. The first-order valence-electron chi connectivity index (χ1n) is 5.39. The largest absolute Gasteiger partial charge is 0.398 e. The third kappa shape index (κ3) is 2.72. The minimum Gasteiger partial charge on any atom is -0.398 e. The zero-order valence-corrected chi connectivity index (χ0v) is 12.6. The molecule has 0 aliphatic heterocycles. The molecule has 88 valence electrons. The molecule has 0 fully saturated rings. The Bertz CT molecular complexity index is 523. The van der Waals surface area contributed by atoms with Gasteiger partial charge in [-0.1, -0.05) is 53.2 Å². The fourth-order valence-electron chi connectivity index (χ4n) is 1.88. The predicted molar refractivity (Wildman–Crippen MR) is 80.2 cm³/mol. The average Bonchev–Trinajstić information content (AvgIpc) is 2.34. The van der Waals surface area contributed by atoms with Gasteiger partial charge in [-0.3, -0.25) is 0 Å². The van der Waals surface area contributed by atoms with Gasteiger partial charge < -0.3 is 5.73 Å². The molecule has 0 spiro atoms. The van der Waals surface area contributed by atoms with Crippen LogP contribution in [0.15, 0.2) is 51.4 Å². The van der Waals surface area contributed by atoms with Crippen molar-refractivity contribution < 1.29 is 0 Å². The molecule has 2 aromatic carbocycles. The fraction of sp³-hybridized carbons (Fsp3) is 0.143. The molecule has 0 saturated heterocycles. The Morgan fingerprint density at radius 1 is 1.06 bits per heavy atom. The number of rotatable bonds is 2. The average molecular weight is 355 g/mol. The summed E-state index contributed by atoms with van der Waals surface area (Å²) in [5, 5.41) is 0. The first-order valence-corrected chi connectivity index (χ1v) is 6.97. The third-order valence-corrected chi connectivity index (χ3v) is 4.01. The lowest BCUT2D eigenvalue weighted by Gasteiger charge is -2.16. The normalized spacial score (nSPS) is 12.4. The maximum absolute atomic E-state index is 6.12. The molecule has 0 aliphatic carbocycles. The van der Waals surface area contributed by atoms with Crippen LogP contribution in [-0.4, -0.2) is 0 Å². The smallest absolute Gasteiger partial charge is 0.0497 e. The second-order valence-electron chi connectivity index (χ2n) is 4.02. The van der Waals surface area contributed by atoms with E-state index >= 15 is 0 Å². The molecule has 2 aromatic rings. The van der Waals surface area contributed by atoms with Crippen LogP contribution in [0.25, 0.3) is 0 Å². The Kier molecular flexibility index (Phi) is 3.89. The molecular weight excluding hydrogens is 342 g/mol. The number of benzene rings is 2. The quantitative estimate of drug-likeness (QED) is 0.759. The summed E-state index contributed by atoms with van der Waals surface area (Å²) < 4.78 is 1.97. The Labute approximate surface area is 118 Å². The summed E-state index contributed by atoms with van der Waals surface area (Å²) >= 11 is 6.99. The van der Waals surface area contributed by atoms with E-state index in [4.69, 9.17) is 5.73 Å². The number of anilines is 1. The van der Waals surface area contributed by atoms with E-state index in [9.17, 15) is 0 Å². The Morgan fingerprint density at radius 3 is 2.35 bits per heavy atom. The van der Waals surface area contributed by atoms with Crippen molar-refractivity contribution in [3.8, 4) is 0 Å². The molecule has 2 N–H and O–H groups in total. The monoisotopic (exact) mass is 353 g/mol. The van der Waals surface area contributed by atoms with Crippen LogP contribution in [0.1, 0.15) is 24.0 Å². The van der Waals surface area contributed by atoms with Crippen molar-refractivity contribution in [2.24, 2.45) is 0 Å². The molecule has 0 aliphatic rings. The Hall–Kier alpha value is -0.800. The minimum absolute atomic E-state index is 0.282. The van der Waals surface area contributed by atoms with Crippen molar-refractivity contribution in [1.82, 2.24) is 0 Å². The molecule has 1 unspecified atom stereocenters. The highest BCUT2D eigenvalue weighted by atomic mass is 79.9. The zero-order valence-electron chi connectivity index (χ0n) is 9.45. The molecule has 0 heterocycles. The third-order valence-electron chi connectivity index (χ3n) is 2.89. The number of nitrogen functional groups attached to an aromatic ring is 1. The van der Waals surface area contributed by atoms with E-state index in [1.54, 1.807) is 0 Å². The molecule has 2 rings (SSSR count). The maximum Gasteiger partial charge on any atom is 0.0497 e. The summed E-state index contributed by atoms with van der Waals surface area (Å²) in [6.45, 7) is 2.17. The van der Waals surface area contributed by atoms with Crippen molar-refractivity contribution in [2.75, 3.05) is 5.73 Å². The van der Waals surface area contributed by atoms with Gasteiger partial charge in [0.15, 0.2) is 0 Å². The summed E-state index contributed by atoms with van der Waals surface area (Å²) in [5.74, 6) is 0.282. The van der Waals surface area contributed by atoms with E-state index in [-0.39, 0.29) is 5.92 Å². The summed E-state index contributed by atoms with van der Waals surface area (Å²) in [4.78, 5) is 0. The highest BCUT2D eigenvalue weighted by Gasteiger charge is 2.13. The van der Waals surface area contributed by atoms with Crippen LogP contribution in [0.3, 0.4) is 0 Å². The van der Waals surface area contributed by atoms with Crippen LogP contribution in [0, 0.1) is 0 Å². The Morgan fingerprint density at radius 2 is 1.71 bits per heavy atom. The number of hydrogen-bond acceptors (Lipinski definition) is 1. The second-order valence-corrected chi connectivity index (χ2v) is 5.79. The molecule has 0 aromatic heterocycles. The van der Waals surface area contributed by atoms with Gasteiger partial charge in [-0.15, -0.1) is 0 Å². The predicted octanol–water partition coefficient (Wildman–Crippen LogP) is 4.95. The van der Waals surface area contributed by atoms with Gasteiger partial charge in [0.2, 0.25) is 0 Å². The lowest BCUT2D eigenvalue weighted by molar-refractivity contribution is 0.923. The van der Waals surface area contributed by atoms with E-state index < -0.39 is 0 Å². The van der Waals surface area contributed by atoms with Crippen molar-refractivity contribution in [3.05, 3.63) is 62.5 Å². The molecule has 0 bridgehead atoms. The van der Waals surface area contributed by atoms with Crippen LogP contribution in [0.2, 0.25) is 0 Å². The standard InChI is InChI=1S/C14H13Br2N/c1-9(10-5-3-2-4-6-10)12-7-11(15)8-13(16)14(12)17/h2-9H,17H2,1H3. The maximum atomic E-state index is 6.12. The number of nitrogens with two attached hydrogens (primary N) is 1. The van der Waals surface area contributed by atoms with E-state index in [2.05, 4.69) is 69.1 Å². The molecule has 0 amide bonds. The first kappa shape index (κ1) is 12.7. The van der Waals surface area contributed by atoms with Gasteiger partial charge >= 0.3 is 0 Å². The van der Waals surface area contributed by atoms with E-state index in [1.807, 2.05) is 12.1 Å². The van der Waals surface area contributed by atoms with E-state index in [0.29, 0.717) is 0 Å². The van der Waals surface area contributed by atoms with Crippen molar-refractivity contribution in [2.45, 2.75) is 12.8 Å². The molecule has 0 radical (unpaired) electrons. The van der Waals surface area contributed by atoms with Crippen molar-refractivity contribution in [3.63, 3.8) is 0 Å². The SMILES string of the molecule is CC(c1ccccc1)c1cc(Br)cc(Br)c1N. The lowest BCUT2D eigenvalue weighted by atomic mass is 9.92. The van der Waals surface area contributed by atoms with Gasteiger partial charge in [0.25, 0.3) is 0 Å². The van der Waals surface area contributed by atoms with Crippen LogP contribution in [-0.2, 0) is 0 Å². The van der Waals surface area contributed by atoms with Gasteiger partial charge in [-0.25, -0.2) is 0 Å².